The van der Waals surface area contributed by atoms with Crippen molar-refractivity contribution in [3.63, 3.8) is 0 Å². The quantitative estimate of drug-likeness (QED) is 0.130. The normalized spacial score (nSPS) is 13.1. The Bertz CT molecular complexity index is 2190. The lowest BCUT2D eigenvalue weighted by molar-refractivity contribution is 0.0600. The lowest BCUT2D eigenvalue weighted by atomic mass is 10.1. The van der Waals surface area contributed by atoms with E-state index < -0.39 is 5.97 Å². The summed E-state index contributed by atoms with van der Waals surface area (Å²) in [5.74, 6) is 0.130. The number of hydrogen-bond donors (Lipinski definition) is 2. The maximum absolute atomic E-state index is 11.8. The van der Waals surface area contributed by atoms with Crippen LogP contribution in [0.5, 0.6) is 0 Å². The van der Waals surface area contributed by atoms with Crippen molar-refractivity contribution in [2.75, 3.05) is 37.6 Å². The third-order valence-electron chi connectivity index (χ3n) is 9.48. The van der Waals surface area contributed by atoms with Crippen molar-refractivity contribution >= 4 is 45.6 Å². The van der Waals surface area contributed by atoms with Crippen molar-refractivity contribution in [2.24, 2.45) is 0 Å². The molecule has 55 heavy (non-hydrogen) atoms. The van der Waals surface area contributed by atoms with E-state index in [0.29, 0.717) is 22.1 Å². The molecule has 2 atom stereocenters. The number of nitrogens with zero attached hydrogens (tertiary/aromatic N) is 5. The first-order valence-corrected chi connectivity index (χ1v) is 18.8. The van der Waals surface area contributed by atoms with Gasteiger partial charge in [0.15, 0.2) is 11.6 Å². The second-order valence-electron chi connectivity index (χ2n) is 13.4. The number of carbonyl (C=O) groups is 2. The summed E-state index contributed by atoms with van der Waals surface area (Å²) in [5.41, 5.74) is 6.95. The Morgan fingerprint density at radius 1 is 0.745 bits per heavy atom. The Kier molecular flexibility index (Phi) is 14.2. The maximum atomic E-state index is 11.8. The van der Waals surface area contributed by atoms with Crippen molar-refractivity contribution in [2.45, 2.75) is 65.5 Å². The molecule has 11 heteroatoms. The number of carboxylic acids is 1. The zero-order chi connectivity index (χ0) is 39.3. The van der Waals surface area contributed by atoms with Crippen LogP contribution in [0.15, 0.2) is 97.1 Å². The molecule has 0 amide bonds. The molecule has 6 aromatic rings. The third-order valence-corrected chi connectivity index (χ3v) is 9.48. The molecule has 7 rings (SSSR count). The number of methoxy groups -OCH3 is 1. The summed E-state index contributed by atoms with van der Waals surface area (Å²) < 4.78 is 9.73. The highest BCUT2D eigenvalue weighted by molar-refractivity contribution is 5.95. The Morgan fingerprint density at radius 3 is 1.82 bits per heavy atom. The number of rotatable bonds is 10. The summed E-state index contributed by atoms with van der Waals surface area (Å²) in [7, 11) is 3.37. The van der Waals surface area contributed by atoms with Crippen LogP contribution in [-0.2, 0) is 9.47 Å². The van der Waals surface area contributed by atoms with Crippen LogP contribution in [0.4, 0.5) is 11.6 Å². The Balaban J connectivity index is 0.000000187. The molecule has 0 saturated carbocycles. The van der Waals surface area contributed by atoms with E-state index in [1.165, 1.54) is 20.0 Å². The van der Waals surface area contributed by atoms with E-state index in [2.05, 4.69) is 37.9 Å². The van der Waals surface area contributed by atoms with Crippen molar-refractivity contribution < 1.29 is 24.2 Å². The Morgan fingerprint density at radius 2 is 1.29 bits per heavy atom. The summed E-state index contributed by atoms with van der Waals surface area (Å²) >= 11 is 0. The second-order valence-corrected chi connectivity index (χ2v) is 13.4. The predicted octanol–water partition coefficient (Wildman–Crippen LogP) is 9.32. The molecule has 0 radical (unpaired) electrons. The number of esters is 1. The average Bonchev–Trinajstić information content (AvgIpc) is 3.83. The minimum Gasteiger partial charge on any atom is -0.478 e. The molecule has 1 aliphatic heterocycles. The fraction of sp³-hybridized carbons (Fsp3) is 0.318. The molecule has 1 saturated heterocycles. The van der Waals surface area contributed by atoms with E-state index in [1.807, 2.05) is 67.7 Å². The average molecular weight is 743 g/mol. The highest BCUT2D eigenvalue weighted by Gasteiger charge is 2.19. The van der Waals surface area contributed by atoms with Gasteiger partial charge in [-0.2, -0.15) is 0 Å². The Labute approximate surface area is 322 Å². The summed E-state index contributed by atoms with van der Waals surface area (Å²) in [6.07, 6.45) is 4.50. The number of aromatic nitrogens is 4. The summed E-state index contributed by atoms with van der Waals surface area (Å²) in [4.78, 5) is 44.2. The van der Waals surface area contributed by atoms with Crippen molar-refractivity contribution in [1.82, 2.24) is 19.9 Å². The number of aromatic carboxylic acids is 1. The molecule has 3 heterocycles. The van der Waals surface area contributed by atoms with Gasteiger partial charge >= 0.3 is 11.9 Å². The van der Waals surface area contributed by atoms with Gasteiger partial charge in [-0.1, -0.05) is 74.5 Å². The highest BCUT2D eigenvalue weighted by atomic mass is 16.5. The van der Waals surface area contributed by atoms with E-state index in [1.54, 1.807) is 36.4 Å². The fourth-order valence-corrected chi connectivity index (χ4v) is 5.74. The molecule has 11 nitrogen and oxygen atoms in total. The van der Waals surface area contributed by atoms with E-state index in [9.17, 15) is 14.7 Å². The van der Waals surface area contributed by atoms with Gasteiger partial charge in [-0.05, 0) is 75.9 Å². The first-order chi connectivity index (χ1) is 26.6. The first-order valence-electron chi connectivity index (χ1n) is 18.8. The van der Waals surface area contributed by atoms with Gasteiger partial charge in [-0.3, -0.25) is 0 Å². The van der Waals surface area contributed by atoms with Crippen LogP contribution >= 0.6 is 0 Å². The van der Waals surface area contributed by atoms with Crippen LogP contribution in [0.1, 0.15) is 74.1 Å². The van der Waals surface area contributed by atoms with Gasteiger partial charge in [0.05, 0.1) is 40.3 Å². The number of anilines is 2. The SMILES string of the molecule is C1CCOC1.CCC(C)N(C)c1nc2cc(C(=O)O)ccc2nc1-c1ccccc1.CCC(C)Nc1nc2cc(C(=O)OC)ccc2nc1-c1ccccc1. The molecule has 1 fully saturated rings. The third kappa shape index (κ3) is 10.4. The number of fused-ring (bicyclic) bond motifs is 2. The van der Waals surface area contributed by atoms with Crippen LogP contribution in [-0.4, -0.2) is 76.4 Å². The summed E-state index contributed by atoms with van der Waals surface area (Å²) in [6.45, 7) is 10.5. The minimum atomic E-state index is -0.965. The van der Waals surface area contributed by atoms with Gasteiger partial charge in [0.2, 0.25) is 0 Å². The monoisotopic (exact) mass is 742 g/mol. The van der Waals surface area contributed by atoms with Crippen LogP contribution in [0.3, 0.4) is 0 Å². The minimum absolute atomic E-state index is 0.214. The van der Waals surface area contributed by atoms with Crippen LogP contribution in [0, 0.1) is 0 Å². The van der Waals surface area contributed by atoms with E-state index in [0.717, 1.165) is 65.7 Å². The lowest BCUT2D eigenvalue weighted by Crippen LogP contribution is -2.29. The van der Waals surface area contributed by atoms with Gasteiger partial charge in [0.25, 0.3) is 0 Å². The number of benzene rings is 4. The second kappa shape index (κ2) is 19.4. The molecule has 2 N–H and O–H groups in total. The molecule has 2 unspecified atom stereocenters. The van der Waals surface area contributed by atoms with Crippen LogP contribution in [0.2, 0.25) is 0 Å². The zero-order valence-electron chi connectivity index (χ0n) is 32.5. The number of carboxylic acid groups (broad SMARTS) is 1. The highest BCUT2D eigenvalue weighted by Crippen LogP contribution is 2.31. The zero-order valence-corrected chi connectivity index (χ0v) is 32.5. The number of ether oxygens (including phenoxy) is 2. The molecular formula is C44H50N6O5. The standard InChI is InChI=1S/2C20H21N3O2.C4H8O/c1-4-13(2)23(3)19-18(14-8-6-5-7-9-14)21-16-11-10-15(20(24)25)12-17(16)22-19;1-4-13(2)21-19-18(14-8-6-5-7-9-14)22-16-11-10-15(20(24)25-3)12-17(16)23-19;1-2-4-5-3-1/h5-13H,4H2,1-3H3,(H,24,25);5-13H,4H2,1-3H3,(H,21,23);1-4H2. The van der Waals surface area contributed by atoms with Crippen LogP contribution < -0.4 is 10.2 Å². The molecule has 2 aromatic heterocycles. The van der Waals surface area contributed by atoms with Crippen molar-refractivity contribution in [3.8, 4) is 22.5 Å². The van der Waals surface area contributed by atoms with Gasteiger partial charge < -0.3 is 24.8 Å². The molecule has 4 aromatic carbocycles. The van der Waals surface area contributed by atoms with Gasteiger partial charge in [-0.15, -0.1) is 0 Å². The molecule has 0 aliphatic carbocycles. The summed E-state index contributed by atoms with van der Waals surface area (Å²) in [6, 6.07) is 30.5. The first kappa shape index (κ1) is 40.2. The molecule has 286 valence electrons. The van der Waals surface area contributed by atoms with E-state index >= 15 is 0 Å². The van der Waals surface area contributed by atoms with Gasteiger partial charge in [0, 0.05) is 43.5 Å². The largest absolute Gasteiger partial charge is 0.478 e. The predicted molar refractivity (Wildman–Crippen MR) is 220 cm³/mol. The van der Waals surface area contributed by atoms with E-state index in [4.69, 9.17) is 29.4 Å². The fourth-order valence-electron chi connectivity index (χ4n) is 5.74. The molecule has 0 bridgehead atoms. The van der Waals surface area contributed by atoms with E-state index in [-0.39, 0.29) is 23.6 Å². The smallest absolute Gasteiger partial charge is 0.337 e. The molecule has 0 spiro atoms. The van der Waals surface area contributed by atoms with Crippen molar-refractivity contribution in [1.29, 1.82) is 0 Å². The van der Waals surface area contributed by atoms with Gasteiger partial charge in [0.1, 0.15) is 11.4 Å². The number of hydrogen-bond acceptors (Lipinski definition) is 10. The van der Waals surface area contributed by atoms with Crippen molar-refractivity contribution in [3.05, 3.63) is 108 Å². The molecule has 1 aliphatic rings. The topological polar surface area (TPSA) is 140 Å². The number of carbonyl (C=O) groups excluding carboxylic acids is 1. The lowest BCUT2D eigenvalue weighted by Gasteiger charge is -2.27. The number of nitrogens with one attached hydrogen (secondary N) is 1. The summed E-state index contributed by atoms with van der Waals surface area (Å²) in [5, 5.41) is 12.6. The van der Waals surface area contributed by atoms with Gasteiger partial charge in [-0.25, -0.2) is 29.5 Å². The Hall–Kier alpha value is -5.94. The van der Waals surface area contributed by atoms with Crippen LogP contribution in [0.25, 0.3) is 44.6 Å². The maximum Gasteiger partial charge on any atom is 0.337 e. The molecular weight excluding hydrogens is 693 g/mol.